The van der Waals surface area contributed by atoms with E-state index in [2.05, 4.69) is 25.7 Å². The molecule has 0 aliphatic carbocycles. The maximum atomic E-state index is 12.4. The van der Waals surface area contributed by atoms with Crippen LogP contribution in [0, 0.1) is 0 Å². The average molecular weight is 384 g/mol. The molecule has 1 aromatic heterocycles. The van der Waals surface area contributed by atoms with Gasteiger partial charge in [0, 0.05) is 32.2 Å². The average Bonchev–Trinajstić information content (AvgIpc) is 3.15. The molecule has 0 bridgehead atoms. The normalized spacial score (nSPS) is 11.8. The van der Waals surface area contributed by atoms with Gasteiger partial charge in [-0.25, -0.2) is 0 Å². The maximum absolute atomic E-state index is 12.4. The third-order valence-corrected chi connectivity index (χ3v) is 3.32. The zero-order valence-electron chi connectivity index (χ0n) is 14.5. The topological polar surface area (TPSA) is 87.9 Å². The first-order valence-electron chi connectivity index (χ1n) is 7.99. The highest BCUT2D eigenvalue weighted by atomic mass is 19.4. The van der Waals surface area contributed by atoms with Crippen molar-refractivity contribution in [3.8, 4) is 5.75 Å². The Hall–Kier alpha value is -3.17. The van der Waals surface area contributed by atoms with Crippen molar-refractivity contribution in [3.05, 3.63) is 54.0 Å². The molecular weight excluding hydrogens is 365 g/mol. The van der Waals surface area contributed by atoms with Crippen molar-refractivity contribution in [2.75, 3.05) is 20.1 Å². The number of carbonyl (C=O) groups excluding carboxylic acids is 1. The van der Waals surface area contributed by atoms with E-state index in [-0.39, 0.29) is 24.0 Å². The van der Waals surface area contributed by atoms with E-state index in [1.807, 2.05) is 0 Å². The van der Waals surface area contributed by atoms with Gasteiger partial charge in [-0.05, 0) is 18.2 Å². The van der Waals surface area contributed by atoms with Gasteiger partial charge in [0.1, 0.15) is 5.75 Å². The zero-order chi connectivity index (χ0) is 19.7. The van der Waals surface area contributed by atoms with Crippen LogP contribution in [0.5, 0.6) is 5.75 Å². The molecule has 0 saturated carbocycles. The van der Waals surface area contributed by atoms with Crippen LogP contribution >= 0.6 is 0 Å². The Morgan fingerprint density at radius 1 is 1.11 bits per heavy atom. The zero-order valence-corrected chi connectivity index (χ0v) is 14.5. The summed E-state index contributed by atoms with van der Waals surface area (Å²) in [4.78, 5) is 15.7. The molecule has 3 N–H and O–H groups in total. The quantitative estimate of drug-likeness (QED) is 0.387. The van der Waals surface area contributed by atoms with E-state index >= 15 is 0 Å². The summed E-state index contributed by atoms with van der Waals surface area (Å²) in [5.41, 5.74) is 0.323. The molecule has 0 atom stereocenters. The number of carbonyl (C=O) groups is 1. The largest absolute Gasteiger partial charge is 0.573 e. The van der Waals surface area contributed by atoms with E-state index in [1.165, 1.54) is 31.5 Å². The Morgan fingerprint density at radius 2 is 1.85 bits per heavy atom. The SMILES string of the molecule is CN=C(NCCNC(=O)c1ccco1)NCc1ccccc1OC(F)(F)F. The summed E-state index contributed by atoms with van der Waals surface area (Å²) in [7, 11) is 1.52. The lowest BCUT2D eigenvalue weighted by Crippen LogP contribution is -2.41. The number of benzene rings is 1. The van der Waals surface area contributed by atoms with Crippen LogP contribution in [-0.2, 0) is 6.54 Å². The van der Waals surface area contributed by atoms with E-state index in [1.54, 1.807) is 18.2 Å². The van der Waals surface area contributed by atoms with Crippen molar-refractivity contribution in [2.24, 2.45) is 4.99 Å². The Labute approximate surface area is 153 Å². The van der Waals surface area contributed by atoms with Crippen LogP contribution in [0.15, 0.2) is 52.1 Å². The van der Waals surface area contributed by atoms with Crippen LogP contribution in [0.4, 0.5) is 13.2 Å². The van der Waals surface area contributed by atoms with Gasteiger partial charge in [-0.15, -0.1) is 13.2 Å². The molecule has 1 heterocycles. The fraction of sp³-hybridized carbons (Fsp3) is 0.294. The van der Waals surface area contributed by atoms with E-state index in [9.17, 15) is 18.0 Å². The predicted octanol–water partition coefficient (Wildman–Crippen LogP) is 2.27. The molecule has 1 aromatic carbocycles. The van der Waals surface area contributed by atoms with Gasteiger partial charge >= 0.3 is 6.36 Å². The van der Waals surface area contributed by atoms with Crippen molar-refractivity contribution >= 4 is 11.9 Å². The van der Waals surface area contributed by atoms with E-state index in [0.29, 0.717) is 24.6 Å². The van der Waals surface area contributed by atoms with E-state index in [4.69, 9.17) is 4.42 Å². The number of nitrogens with one attached hydrogen (secondary N) is 3. The van der Waals surface area contributed by atoms with Crippen molar-refractivity contribution in [1.82, 2.24) is 16.0 Å². The number of guanidine groups is 1. The molecule has 0 spiro atoms. The lowest BCUT2D eigenvalue weighted by Gasteiger charge is -2.15. The molecule has 1 amide bonds. The monoisotopic (exact) mass is 384 g/mol. The number of furan rings is 1. The highest BCUT2D eigenvalue weighted by Crippen LogP contribution is 2.25. The van der Waals surface area contributed by atoms with E-state index < -0.39 is 6.36 Å². The van der Waals surface area contributed by atoms with Gasteiger partial charge in [-0.1, -0.05) is 18.2 Å². The Bertz CT molecular complexity index is 761. The Morgan fingerprint density at radius 3 is 2.52 bits per heavy atom. The van der Waals surface area contributed by atoms with Crippen molar-refractivity contribution in [1.29, 1.82) is 0 Å². The van der Waals surface area contributed by atoms with Crippen molar-refractivity contribution in [3.63, 3.8) is 0 Å². The lowest BCUT2D eigenvalue weighted by atomic mass is 10.2. The first-order chi connectivity index (χ1) is 12.9. The number of rotatable bonds is 7. The summed E-state index contributed by atoms with van der Waals surface area (Å²) in [5.74, 6) is -0.0514. The highest BCUT2D eigenvalue weighted by Gasteiger charge is 2.31. The van der Waals surface area contributed by atoms with Crippen LogP contribution in [0.1, 0.15) is 16.1 Å². The smallest absolute Gasteiger partial charge is 0.459 e. The van der Waals surface area contributed by atoms with Gasteiger partial charge in [0.25, 0.3) is 5.91 Å². The number of ether oxygens (including phenoxy) is 1. The number of halogens is 3. The predicted molar refractivity (Wildman–Crippen MR) is 92.4 cm³/mol. The Kier molecular flexibility index (Phi) is 7.09. The molecule has 10 heteroatoms. The molecule has 27 heavy (non-hydrogen) atoms. The molecule has 0 fully saturated rings. The van der Waals surface area contributed by atoms with Gasteiger partial charge < -0.3 is 25.1 Å². The molecule has 0 radical (unpaired) electrons. The van der Waals surface area contributed by atoms with Gasteiger partial charge in [0.05, 0.1) is 6.26 Å². The number of aliphatic imine (C=N–C) groups is 1. The number of nitrogens with zero attached hydrogens (tertiary/aromatic N) is 1. The maximum Gasteiger partial charge on any atom is 0.573 e. The second-order valence-electron chi connectivity index (χ2n) is 5.24. The fourth-order valence-electron chi connectivity index (χ4n) is 2.13. The summed E-state index contributed by atoms with van der Waals surface area (Å²) in [6, 6.07) is 8.98. The molecule has 0 aliphatic heterocycles. The first kappa shape index (κ1) is 20.1. The van der Waals surface area contributed by atoms with Crippen LogP contribution in [0.25, 0.3) is 0 Å². The van der Waals surface area contributed by atoms with Crippen LogP contribution < -0.4 is 20.7 Å². The second kappa shape index (κ2) is 9.51. The number of hydrogen-bond donors (Lipinski definition) is 3. The van der Waals surface area contributed by atoms with Gasteiger partial charge in [-0.3, -0.25) is 9.79 Å². The minimum Gasteiger partial charge on any atom is -0.459 e. The second-order valence-corrected chi connectivity index (χ2v) is 5.24. The number of hydrogen-bond acceptors (Lipinski definition) is 4. The molecule has 2 aromatic rings. The summed E-state index contributed by atoms with van der Waals surface area (Å²) >= 11 is 0. The van der Waals surface area contributed by atoms with Crippen molar-refractivity contribution < 1.29 is 27.1 Å². The molecule has 7 nitrogen and oxygen atoms in total. The van der Waals surface area contributed by atoms with Gasteiger partial charge in [0.15, 0.2) is 11.7 Å². The number of amides is 1. The molecule has 146 valence electrons. The minimum atomic E-state index is -4.76. The third kappa shape index (κ3) is 6.92. The summed E-state index contributed by atoms with van der Waals surface area (Å²) in [6.07, 6.45) is -3.36. The molecule has 0 aliphatic rings. The Balaban J connectivity index is 1.78. The summed E-state index contributed by atoms with van der Waals surface area (Å²) in [5, 5.41) is 8.48. The summed E-state index contributed by atoms with van der Waals surface area (Å²) in [6.45, 7) is 0.728. The number of alkyl halides is 3. The standard InChI is InChI=1S/C17H19F3N4O3/c1-21-16(23-9-8-22-15(25)14-7-4-10-26-14)24-11-12-5-2-3-6-13(12)27-17(18,19)20/h2-7,10H,8-9,11H2,1H3,(H,22,25)(H2,21,23,24). The molecule has 0 unspecified atom stereocenters. The van der Waals surface area contributed by atoms with Crippen LogP contribution in [0.3, 0.4) is 0 Å². The first-order valence-corrected chi connectivity index (χ1v) is 7.99. The van der Waals surface area contributed by atoms with Gasteiger partial charge in [0.2, 0.25) is 0 Å². The van der Waals surface area contributed by atoms with Gasteiger partial charge in [-0.2, -0.15) is 0 Å². The third-order valence-electron chi connectivity index (χ3n) is 3.32. The molecular formula is C17H19F3N4O3. The molecule has 0 saturated heterocycles. The summed E-state index contributed by atoms with van der Waals surface area (Å²) < 4.78 is 46.3. The fourth-order valence-corrected chi connectivity index (χ4v) is 2.13. The van der Waals surface area contributed by atoms with Crippen LogP contribution in [-0.4, -0.2) is 38.4 Å². The minimum absolute atomic E-state index is 0.0741. The lowest BCUT2D eigenvalue weighted by molar-refractivity contribution is -0.274. The highest BCUT2D eigenvalue weighted by molar-refractivity contribution is 5.91. The van der Waals surface area contributed by atoms with E-state index in [0.717, 1.165) is 0 Å². The van der Waals surface area contributed by atoms with Crippen LogP contribution in [0.2, 0.25) is 0 Å². The number of para-hydroxylation sites is 1. The van der Waals surface area contributed by atoms with Crippen molar-refractivity contribution in [2.45, 2.75) is 12.9 Å². The molecule has 2 rings (SSSR count).